The predicted octanol–water partition coefficient (Wildman–Crippen LogP) is 0.0324. The molecule has 1 N–H and O–H groups in total. The van der Waals surface area contributed by atoms with E-state index in [1.165, 1.54) is 4.90 Å². The molecule has 0 bridgehead atoms. The van der Waals surface area contributed by atoms with Gasteiger partial charge in [-0.3, -0.25) is 9.59 Å². The fourth-order valence-corrected chi connectivity index (χ4v) is 1.16. The molecule has 2 amide bonds. The van der Waals surface area contributed by atoms with E-state index in [1.807, 2.05) is 0 Å². The molecule has 0 saturated heterocycles. The van der Waals surface area contributed by atoms with E-state index in [0.717, 1.165) is 18.2 Å². The molecule has 19 heavy (non-hydrogen) atoms. The quantitative estimate of drug-likeness (QED) is 0.472. The molecule has 0 aliphatic heterocycles. The largest absolute Gasteiger partial charge is 0.461 e. The zero-order chi connectivity index (χ0) is 14.7. The van der Waals surface area contributed by atoms with Crippen LogP contribution in [0.4, 0.5) is 0 Å². The van der Waals surface area contributed by atoms with Crippen LogP contribution in [0.5, 0.6) is 0 Å². The number of esters is 1. The zero-order valence-corrected chi connectivity index (χ0v) is 10.8. The minimum absolute atomic E-state index is 0.0554. The van der Waals surface area contributed by atoms with Crippen molar-refractivity contribution in [3.63, 3.8) is 0 Å². The van der Waals surface area contributed by atoms with Crippen LogP contribution in [0.1, 0.15) is 0 Å². The minimum atomic E-state index is -0.550. The Morgan fingerprint density at radius 2 is 1.74 bits per heavy atom. The number of hydrogen-bond donors (Lipinski definition) is 1. The third-order valence-electron chi connectivity index (χ3n) is 2.12. The average molecular weight is 266 g/mol. The number of carbonyl (C=O) groups excluding carboxylic acids is 3. The van der Waals surface area contributed by atoms with Gasteiger partial charge in [0.05, 0.1) is 6.54 Å². The lowest BCUT2D eigenvalue weighted by Crippen LogP contribution is -2.39. The summed E-state index contributed by atoms with van der Waals surface area (Å²) in [6, 6.07) is 0. The first-order chi connectivity index (χ1) is 9.04. The first kappa shape index (κ1) is 16.6. The fraction of sp³-hybridized carbons (Fsp3) is 0.308. The van der Waals surface area contributed by atoms with Gasteiger partial charge >= 0.3 is 5.97 Å². The van der Waals surface area contributed by atoms with E-state index in [1.54, 1.807) is 0 Å². The van der Waals surface area contributed by atoms with E-state index in [4.69, 9.17) is 4.74 Å². The number of rotatable bonds is 9. The van der Waals surface area contributed by atoms with Crippen molar-refractivity contribution >= 4 is 17.8 Å². The van der Waals surface area contributed by atoms with Crippen LogP contribution in [-0.2, 0) is 19.1 Å². The van der Waals surface area contributed by atoms with Crippen LogP contribution in [0.3, 0.4) is 0 Å². The van der Waals surface area contributed by atoms with Crippen LogP contribution < -0.4 is 5.32 Å². The van der Waals surface area contributed by atoms with Crippen LogP contribution in [0.25, 0.3) is 0 Å². The highest BCUT2D eigenvalue weighted by Crippen LogP contribution is 1.92. The molecule has 0 aromatic carbocycles. The van der Waals surface area contributed by atoms with Crippen molar-refractivity contribution in [1.29, 1.82) is 0 Å². The lowest BCUT2D eigenvalue weighted by Gasteiger charge is -2.20. The Balaban J connectivity index is 4.16. The minimum Gasteiger partial charge on any atom is -0.461 e. The van der Waals surface area contributed by atoms with E-state index in [-0.39, 0.29) is 38.1 Å². The number of ether oxygens (including phenoxy) is 1. The Morgan fingerprint density at radius 3 is 2.26 bits per heavy atom. The summed E-state index contributed by atoms with van der Waals surface area (Å²) in [5.41, 5.74) is 0. The van der Waals surface area contributed by atoms with Crippen molar-refractivity contribution in [2.75, 3.05) is 26.2 Å². The van der Waals surface area contributed by atoms with Crippen molar-refractivity contribution in [2.45, 2.75) is 0 Å². The number of amides is 2. The molecule has 0 fully saturated rings. The third-order valence-corrected chi connectivity index (χ3v) is 2.12. The first-order valence-electron chi connectivity index (χ1n) is 5.66. The van der Waals surface area contributed by atoms with Crippen LogP contribution in [0.2, 0.25) is 0 Å². The lowest BCUT2D eigenvalue weighted by atomic mass is 10.4. The SMILES string of the molecule is C=CC(=O)NCCN(CCOC(=O)C=C)C(=O)C=C. The van der Waals surface area contributed by atoms with Gasteiger partial charge < -0.3 is 15.0 Å². The lowest BCUT2D eigenvalue weighted by molar-refractivity contribution is -0.139. The summed E-state index contributed by atoms with van der Waals surface area (Å²) in [6.07, 6.45) is 3.35. The summed E-state index contributed by atoms with van der Waals surface area (Å²) in [5, 5.41) is 2.54. The Bertz CT molecular complexity index is 351. The molecule has 0 atom stereocenters. The van der Waals surface area contributed by atoms with Gasteiger partial charge in [-0.25, -0.2) is 4.79 Å². The summed E-state index contributed by atoms with van der Waals surface area (Å²) in [4.78, 5) is 34.7. The summed E-state index contributed by atoms with van der Waals surface area (Å²) < 4.78 is 4.78. The Kier molecular flexibility index (Phi) is 8.44. The van der Waals surface area contributed by atoms with Crippen molar-refractivity contribution in [1.82, 2.24) is 10.2 Å². The van der Waals surface area contributed by atoms with Gasteiger partial charge in [-0.15, -0.1) is 0 Å². The molecule has 0 aliphatic carbocycles. The van der Waals surface area contributed by atoms with Crippen LogP contribution >= 0.6 is 0 Å². The molecule has 0 unspecified atom stereocenters. The first-order valence-corrected chi connectivity index (χ1v) is 5.66. The monoisotopic (exact) mass is 266 g/mol. The average Bonchev–Trinajstić information content (AvgIpc) is 2.44. The fourth-order valence-electron chi connectivity index (χ4n) is 1.16. The number of carbonyl (C=O) groups is 3. The van der Waals surface area contributed by atoms with Crippen LogP contribution in [0, 0.1) is 0 Å². The summed E-state index contributed by atoms with van der Waals surface area (Å²) >= 11 is 0. The summed E-state index contributed by atoms with van der Waals surface area (Å²) in [7, 11) is 0. The summed E-state index contributed by atoms with van der Waals surface area (Å²) in [6.45, 7) is 10.8. The molecule has 6 heteroatoms. The molecule has 0 rings (SSSR count). The Hall–Kier alpha value is -2.37. The number of nitrogens with zero attached hydrogens (tertiary/aromatic N) is 1. The van der Waals surface area contributed by atoms with Crippen molar-refractivity contribution in [3.8, 4) is 0 Å². The van der Waals surface area contributed by atoms with E-state index < -0.39 is 5.97 Å². The standard InChI is InChI=1S/C13H18N2O4/c1-4-11(16)14-7-8-15(12(17)5-2)9-10-19-13(18)6-3/h4-6H,1-3,7-10H2,(H,14,16). The second kappa shape index (κ2) is 9.64. The second-order valence-electron chi connectivity index (χ2n) is 3.40. The number of nitrogens with one attached hydrogen (secondary N) is 1. The predicted molar refractivity (Wildman–Crippen MR) is 71.1 cm³/mol. The molecule has 0 aromatic heterocycles. The van der Waals surface area contributed by atoms with E-state index in [2.05, 4.69) is 25.1 Å². The van der Waals surface area contributed by atoms with Crippen molar-refractivity contribution < 1.29 is 19.1 Å². The Morgan fingerprint density at radius 1 is 1.05 bits per heavy atom. The van der Waals surface area contributed by atoms with Crippen LogP contribution in [0.15, 0.2) is 38.0 Å². The molecule has 0 radical (unpaired) electrons. The smallest absolute Gasteiger partial charge is 0.330 e. The topological polar surface area (TPSA) is 75.7 Å². The normalized spacial score (nSPS) is 9.05. The molecule has 104 valence electrons. The van der Waals surface area contributed by atoms with E-state index >= 15 is 0 Å². The van der Waals surface area contributed by atoms with Gasteiger partial charge in [0.2, 0.25) is 11.8 Å². The van der Waals surface area contributed by atoms with Gasteiger partial charge in [-0.2, -0.15) is 0 Å². The molecular weight excluding hydrogens is 248 g/mol. The van der Waals surface area contributed by atoms with Crippen LogP contribution in [-0.4, -0.2) is 48.9 Å². The highest BCUT2D eigenvalue weighted by molar-refractivity contribution is 5.88. The van der Waals surface area contributed by atoms with E-state index in [9.17, 15) is 14.4 Å². The van der Waals surface area contributed by atoms with Gasteiger partial charge in [0.1, 0.15) is 6.61 Å². The molecule has 0 heterocycles. The van der Waals surface area contributed by atoms with E-state index in [0.29, 0.717) is 0 Å². The van der Waals surface area contributed by atoms with Gasteiger partial charge in [0, 0.05) is 19.2 Å². The molecule has 0 aromatic rings. The highest BCUT2D eigenvalue weighted by atomic mass is 16.5. The molecule has 0 saturated carbocycles. The Labute approximate surface area is 112 Å². The zero-order valence-electron chi connectivity index (χ0n) is 10.8. The maximum atomic E-state index is 11.5. The van der Waals surface area contributed by atoms with Gasteiger partial charge in [0.15, 0.2) is 0 Å². The maximum Gasteiger partial charge on any atom is 0.330 e. The number of hydrogen-bond acceptors (Lipinski definition) is 4. The third kappa shape index (κ3) is 7.54. The highest BCUT2D eigenvalue weighted by Gasteiger charge is 2.10. The molecule has 0 aliphatic rings. The molecule has 0 spiro atoms. The van der Waals surface area contributed by atoms with Gasteiger partial charge in [-0.1, -0.05) is 19.7 Å². The van der Waals surface area contributed by atoms with Crippen molar-refractivity contribution in [3.05, 3.63) is 38.0 Å². The maximum absolute atomic E-state index is 11.5. The second-order valence-corrected chi connectivity index (χ2v) is 3.40. The molecular formula is C13H18N2O4. The van der Waals surface area contributed by atoms with Crippen molar-refractivity contribution in [2.24, 2.45) is 0 Å². The summed E-state index contributed by atoms with van der Waals surface area (Å²) in [5.74, 6) is -1.17. The molecule has 6 nitrogen and oxygen atoms in total. The van der Waals surface area contributed by atoms with Gasteiger partial charge in [-0.05, 0) is 12.2 Å². The van der Waals surface area contributed by atoms with Gasteiger partial charge in [0.25, 0.3) is 0 Å².